The number of carbonyl (C=O) groups excluding carboxylic acids is 2. The van der Waals surface area contributed by atoms with Crippen LogP contribution in [0.15, 0.2) is 35.2 Å². The summed E-state index contributed by atoms with van der Waals surface area (Å²) in [7, 11) is 0. The summed E-state index contributed by atoms with van der Waals surface area (Å²) >= 11 is 0. The first-order valence-corrected chi connectivity index (χ1v) is 12.5. The van der Waals surface area contributed by atoms with Gasteiger partial charge in [-0.2, -0.15) is 0 Å². The lowest BCUT2D eigenvalue weighted by Gasteiger charge is -2.67. The molecule has 0 amide bonds. The molecule has 6 rings (SSSR count). The van der Waals surface area contributed by atoms with E-state index in [9.17, 15) is 9.59 Å². The van der Waals surface area contributed by atoms with E-state index in [1.807, 2.05) is 20.1 Å². The van der Waals surface area contributed by atoms with Gasteiger partial charge in [0.25, 0.3) is 0 Å². The van der Waals surface area contributed by atoms with Gasteiger partial charge in [0.05, 0.1) is 18.6 Å². The fraction of sp³-hybridized carbons (Fsp3) is 0.714. The molecule has 178 valence electrons. The van der Waals surface area contributed by atoms with Gasteiger partial charge in [-0.1, -0.05) is 40.7 Å². The molecular formula is C28H36O5. The molecule has 1 aromatic heterocycles. The zero-order chi connectivity index (χ0) is 23.6. The highest BCUT2D eigenvalue weighted by molar-refractivity contribution is 5.96. The van der Waals surface area contributed by atoms with Crippen molar-refractivity contribution in [3.63, 3.8) is 0 Å². The number of hydrogen-bond donors (Lipinski definition) is 0. The third-order valence-corrected chi connectivity index (χ3v) is 11.0. The largest absolute Gasteiger partial charge is 0.472 e. The standard InChI is InChI=1S/C28H36O5/c1-15(29)32-21-23-25(2,3)20(30)8-11-27(23,5)19-7-10-26(4)17(16-9-12-31-14-16)13-18-22(26)28(19,6)24(21)33-18/h8-9,11-12,14,17-19,21-24H,7,10,13H2,1-6H3/t17-,18-,19-,21-,22-,23+,24-,26-,27+,28-/m1/s1. The second-order valence-electron chi connectivity index (χ2n) is 12.7. The van der Waals surface area contributed by atoms with Gasteiger partial charge in [-0.3, -0.25) is 9.59 Å². The Balaban J connectivity index is 1.52. The predicted octanol–water partition coefficient (Wildman–Crippen LogP) is 5.31. The van der Waals surface area contributed by atoms with Crippen LogP contribution in [-0.4, -0.2) is 30.1 Å². The van der Waals surface area contributed by atoms with E-state index >= 15 is 0 Å². The molecule has 2 heterocycles. The van der Waals surface area contributed by atoms with Crippen molar-refractivity contribution in [3.05, 3.63) is 36.3 Å². The average Bonchev–Trinajstić information content (AvgIpc) is 3.40. The molecule has 1 aliphatic heterocycles. The summed E-state index contributed by atoms with van der Waals surface area (Å²) in [6.45, 7) is 12.7. The maximum Gasteiger partial charge on any atom is 0.303 e. The zero-order valence-electron chi connectivity index (χ0n) is 20.6. The number of esters is 1. The fourth-order valence-electron chi connectivity index (χ4n) is 10.0. The molecule has 0 spiro atoms. The van der Waals surface area contributed by atoms with E-state index in [0.29, 0.717) is 17.8 Å². The summed E-state index contributed by atoms with van der Waals surface area (Å²) in [6.07, 6.45) is 10.3. The molecule has 0 aromatic carbocycles. The molecule has 1 saturated heterocycles. The third-order valence-electron chi connectivity index (χ3n) is 11.0. The van der Waals surface area contributed by atoms with Crippen molar-refractivity contribution in [2.75, 3.05) is 0 Å². The van der Waals surface area contributed by atoms with Gasteiger partial charge < -0.3 is 13.9 Å². The van der Waals surface area contributed by atoms with Crippen LogP contribution in [0.25, 0.3) is 0 Å². The highest BCUT2D eigenvalue weighted by atomic mass is 16.6. The Hall–Kier alpha value is -1.88. The molecule has 1 aromatic rings. The van der Waals surface area contributed by atoms with Crippen LogP contribution in [0.4, 0.5) is 0 Å². The first-order chi connectivity index (χ1) is 15.5. The monoisotopic (exact) mass is 452 g/mol. The Morgan fingerprint density at radius 1 is 1.15 bits per heavy atom. The van der Waals surface area contributed by atoms with Gasteiger partial charge in [0, 0.05) is 23.7 Å². The molecule has 0 N–H and O–H groups in total. The number of allylic oxidation sites excluding steroid dienone is 2. The van der Waals surface area contributed by atoms with Crippen molar-refractivity contribution in [2.24, 2.45) is 39.4 Å². The Morgan fingerprint density at radius 2 is 1.91 bits per heavy atom. The van der Waals surface area contributed by atoms with Crippen molar-refractivity contribution in [2.45, 2.75) is 85.0 Å². The lowest BCUT2D eigenvalue weighted by atomic mass is 9.37. The lowest BCUT2D eigenvalue weighted by molar-refractivity contribution is -0.234. The minimum Gasteiger partial charge on any atom is -0.472 e. The van der Waals surface area contributed by atoms with Crippen LogP contribution in [0.5, 0.6) is 0 Å². The molecule has 5 heteroatoms. The summed E-state index contributed by atoms with van der Waals surface area (Å²) in [5, 5.41) is 0. The average molecular weight is 453 g/mol. The van der Waals surface area contributed by atoms with Crippen LogP contribution >= 0.6 is 0 Å². The molecular weight excluding hydrogens is 416 g/mol. The predicted molar refractivity (Wildman–Crippen MR) is 122 cm³/mol. The Kier molecular flexibility index (Phi) is 4.20. The molecule has 10 atom stereocenters. The lowest BCUT2D eigenvalue weighted by Crippen LogP contribution is -2.69. The Bertz CT molecular complexity index is 1040. The molecule has 5 aliphatic rings. The normalized spacial score (nSPS) is 51.2. The molecule has 3 saturated carbocycles. The maximum absolute atomic E-state index is 13.1. The molecule has 4 aliphatic carbocycles. The van der Waals surface area contributed by atoms with E-state index in [-0.39, 0.29) is 46.1 Å². The second-order valence-corrected chi connectivity index (χ2v) is 12.7. The van der Waals surface area contributed by atoms with Gasteiger partial charge in [-0.25, -0.2) is 0 Å². The minimum atomic E-state index is -0.619. The number of rotatable bonds is 2. The highest BCUT2D eigenvalue weighted by Gasteiger charge is 2.78. The van der Waals surface area contributed by atoms with Crippen molar-refractivity contribution < 1.29 is 23.5 Å². The molecule has 33 heavy (non-hydrogen) atoms. The van der Waals surface area contributed by atoms with Crippen molar-refractivity contribution in [1.29, 1.82) is 0 Å². The van der Waals surface area contributed by atoms with E-state index in [2.05, 4.69) is 32.9 Å². The number of ketones is 1. The number of furan rings is 1. The van der Waals surface area contributed by atoms with Gasteiger partial charge >= 0.3 is 5.97 Å². The Labute approximate surface area is 196 Å². The molecule has 0 radical (unpaired) electrons. The fourth-order valence-corrected chi connectivity index (χ4v) is 10.0. The quantitative estimate of drug-likeness (QED) is 0.569. The van der Waals surface area contributed by atoms with Crippen LogP contribution in [0.1, 0.15) is 72.3 Å². The molecule has 4 fully saturated rings. The summed E-state index contributed by atoms with van der Waals surface area (Å²) in [5.41, 5.74) is 0.377. The summed E-state index contributed by atoms with van der Waals surface area (Å²) in [4.78, 5) is 25.4. The van der Waals surface area contributed by atoms with Gasteiger partial charge in [0.15, 0.2) is 5.78 Å². The van der Waals surface area contributed by atoms with Crippen LogP contribution < -0.4 is 0 Å². The summed E-state index contributed by atoms with van der Waals surface area (Å²) in [5.74, 6) is 0.854. The van der Waals surface area contributed by atoms with E-state index in [0.717, 1.165) is 19.3 Å². The maximum atomic E-state index is 13.1. The van der Waals surface area contributed by atoms with Crippen molar-refractivity contribution in [1.82, 2.24) is 0 Å². The highest BCUT2D eigenvalue weighted by Crippen LogP contribution is 2.77. The minimum absolute atomic E-state index is 0.0994. The van der Waals surface area contributed by atoms with Crippen LogP contribution in [0.3, 0.4) is 0 Å². The topological polar surface area (TPSA) is 65.7 Å². The number of carbonyl (C=O) groups is 2. The molecule has 0 bridgehead atoms. The first kappa shape index (κ1) is 21.6. The molecule has 0 unspecified atom stereocenters. The van der Waals surface area contributed by atoms with E-state index in [1.165, 1.54) is 12.5 Å². The third kappa shape index (κ3) is 2.42. The number of hydrogen-bond acceptors (Lipinski definition) is 5. The van der Waals surface area contributed by atoms with Crippen molar-refractivity contribution in [3.8, 4) is 0 Å². The second kappa shape index (κ2) is 6.41. The van der Waals surface area contributed by atoms with Gasteiger partial charge in [0.2, 0.25) is 0 Å². The van der Waals surface area contributed by atoms with E-state index < -0.39 is 11.5 Å². The summed E-state index contributed by atoms with van der Waals surface area (Å²) in [6, 6.07) is 2.11. The zero-order valence-corrected chi connectivity index (χ0v) is 20.6. The van der Waals surface area contributed by atoms with Gasteiger partial charge in [-0.05, 0) is 65.6 Å². The summed E-state index contributed by atoms with van der Waals surface area (Å²) < 4.78 is 18.6. The smallest absolute Gasteiger partial charge is 0.303 e. The van der Waals surface area contributed by atoms with Crippen LogP contribution in [0, 0.1) is 39.4 Å². The van der Waals surface area contributed by atoms with Crippen molar-refractivity contribution >= 4 is 11.8 Å². The van der Waals surface area contributed by atoms with Crippen LogP contribution in [-0.2, 0) is 19.1 Å². The van der Waals surface area contributed by atoms with Gasteiger partial charge in [-0.15, -0.1) is 0 Å². The SMILES string of the molecule is CC(=O)O[C@H]1[C@H]2O[C@@H]3C[C@H](c4ccoc4)[C@@]4(C)CC[C@H]([C@]5(C)C=CC(=O)C(C)(C)[C@H]15)[C@]2(C)[C@H]34. The van der Waals surface area contributed by atoms with E-state index in [1.54, 1.807) is 12.3 Å². The number of fused-ring (bicyclic) bond motifs is 2. The number of ether oxygens (including phenoxy) is 2. The van der Waals surface area contributed by atoms with E-state index in [4.69, 9.17) is 13.9 Å². The van der Waals surface area contributed by atoms with Gasteiger partial charge in [0.1, 0.15) is 12.2 Å². The molecule has 5 nitrogen and oxygen atoms in total. The van der Waals surface area contributed by atoms with Crippen LogP contribution in [0.2, 0.25) is 0 Å². The Morgan fingerprint density at radius 3 is 2.58 bits per heavy atom. The first-order valence-electron chi connectivity index (χ1n) is 12.5.